The van der Waals surface area contributed by atoms with Crippen molar-refractivity contribution in [3.05, 3.63) is 78.1 Å². The van der Waals surface area contributed by atoms with Crippen LogP contribution in [0.4, 0.5) is 5.95 Å². The predicted octanol–water partition coefficient (Wildman–Crippen LogP) is 1.88. The Balaban J connectivity index is 1.53. The van der Waals surface area contributed by atoms with Crippen LogP contribution in [0.2, 0.25) is 0 Å². The number of pyridine rings is 2. The third kappa shape index (κ3) is 4.83. The van der Waals surface area contributed by atoms with Gasteiger partial charge in [0.1, 0.15) is 0 Å². The Morgan fingerprint density at radius 1 is 0.962 bits per heavy atom. The molecule has 0 saturated carbocycles. The molecule has 0 spiro atoms. The Bertz CT molecular complexity index is 824. The second-order valence-electron chi connectivity index (χ2n) is 5.84. The number of anilines is 1. The molecule has 0 bridgehead atoms. The summed E-state index contributed by atoms with van der Waals surface area (Å²) in [6, 6.07) is 7.70. The molecule has 0 atom stereocenters. The molecule has 3 rings (SSSR count). The zero-order chi connectivity index (χ0) is 18.2. The van der Waals surface area contributed by atoms with Crippen molar-refractivity contribution in [2.24, 2.45) is 0 Å². The summed E-state index contributed by atoms with van der Waals surface area (Å²) < 4.78 is 0. The molecule has 0 aliphatic rings. The van der Waals surface area contributed by atoms with Gasteiger partial charge in [-0.25, -0.2) is 9.97 Å². The molecule has 7 nitrogen and oxygen atoms in total. The Labute approximate surface area is 152 Å². The van der Waals surface area contributed by atoms with E-state index in [1.807, 2.05) is 36.2 Å². The molecule has 1 amide bonds. The van der Waals surface area contributed by atoms with Gasteiger partial charge in [-0.1, -0.05) is 0 Å². The summed E-state index contributed by atoms with van der Waals surface area (Å²) in [7, 11) is 1.93. The van der Waals surface area contributed by atoms with Gasteiger partial charge >= 0.3 is 0 Å². The van der Waals surface area contributed by atoms with E-state index in [-0.39, 0.29) is 5.91 Å². The van der Waals surface area contributed by atoms with Crippen LogP contribution in [-0.4, -0.2) is 39.4 Å². The molecule has 3 heterocycles. The summed E-state index contributed by atoms with van der Waals surface area (Å²) in [5, 5.41) is 2.84. The molecule has 0 radical (unpaired) electrons. The van der Waals surface area contributed by atoms with E-state index in [0.29, 0.717) is 18.1 Å². The molecule has 132 valence electrons. The number of hydrogen-bond acceptors (Lipinski definition) is 6. The number of aromatic nitrogens is 4. The minimum atomic E-state index is -0.201. The molecular formula is C19H20N6O. The van der Waals surface area contributed by atoms with Crippen molar-refractivity contribution in [1.82, 2.24) is 25.3 Å². The zero-order valence-electron chi connectivity index (χ0n) is 14.5. The molecule has 0 aliphatic heterocycles. The number of carbonyl (C=O) groups excluding carboxylic acids is 1. The highest BCUT2D eigenvalue weighted by Gasteiger charge is 2.09. The van der Waals surface area contributed by atoms with Crippen molar-refractivity contribution in [3.63, 3.8) is 0 Å². The van der Waals surface area contributed by atoms with Gasteiger partial charge in [0, 0.05) is 57.3 Å². The van der Waals surface area contributed by atoms with Gasteiger partial charge in [-0.2, -0.15) is 0 Å². The van der Waals surface area contributed by atoms with Gasteiger partial charge in [0.2, 0.25) is 5.95 Å². The molecule has 26 heavy (non-hydrogen) atoms. The second kappa shape index (κ2) is 8.66. The highest BCUT2D eigenvalue weighted by atomic mass is 16.1. The maximum absolute atomic E-state index is 12.2. The standard InChI is InChI=1S/C19H20N6O/c1-25(11-6-15-2-7-20-8-3-15)19-23-13-17(14-24-19)18(26)22-12-16-4-9-21-10-5-16/h2-5,7-10,13-14H,6,11-12H2,1H3,(H,22,26). The summed E-state index contributed by atoms with van der Waals surface area (Å²) in [5.74, 6) is 0.387. The number of carbonyl (C=O) groups is 1. The van der Waals surface area contributed by atoms with Crippen LogP contribution in [0.1, 0.15) is 21.5 Å². The van der Waals surface area contributed by atoms with E-state index in [0.717, 1.165) is 18.5 Å². The second-order valence-corrected chi connectivity index (χ2v) is 5.84. The maximum atomic E-state index is 12.2. The van der Waals surface area contributed by atoms with Crippen LogP contribution in [0.5, 0.6) is 0 Å². The normalized spacial score (nSPS) is 10.3. The first-order valence-corrected chi connectivity index (χ1v) is 8.31. The van der Waals surface area contributed by atoms with Crippen molar-refractivity contribution in [3.8, 4) is 0 Å². The minimum absolute atomic E-state index is 0.201. The van der Waals surface area contributed by atoms with Crippen LogP contribution in [0.15, 0.2) is 61.4 Å². The molecule has 1 N–H and O–H groups in total. The lowest BCUT2D eigenvalue weighted by molar-refractivity contribution is 0.0950. The van der Waals surface area contributed by atoms with Gasteiger partial charge in [0.15, 0.2) is 0 Å². The molecule has 0 aliphatic carbocycles. The highest BCUT2D eigenvalue weighted by molar-refractivity contribution is 5.93. The van der Waals surface area contributed by atoms with E-state index < -0.39 is 0 Å². The quantitative estimate of drug-likeness (QED) is 0.702. The molecule has 0 unspecified atom stereocenters. The smallest absolute Gasteiger partial charge is 0.254 e. The van der Waals surface area contributed by atoms with Crippen LogP contribution in [0.3, 0.4) is 0 Å². The topological polar surface area (TPSA) is 83.9 Å². The Morgan fingerprint density at radius 2 is 1.54 bits per heavy atom. The average molecular weight is 348 g/mol. The Hall–Kier alpha value is -3.35. The van der Waals surface area contributed by atoms with Crippen molar-refractivity contribution >= 4 is 11.9 Å². The monoisotopic (exact) mass is 348 g/mol. The molecule has 3 aromatic rings. The molecular weight excluding hydrogens is 328 g/mol. The zero-order valence-corrected chi connectivity index (χ0v) is 14.5. The van der Waals surface area contributed by atoms with Gasteiger partial charge in [0.25, 0.3) is 5.91 Å². The molecule has 7 heteroatoms. The van der Waals surface area contributed by atoms with Gasteiger partial charge in [-0.3, -0.25) is 14.8 Å². The largest absolute Gasteiger partial charge is 0.348 e. The first kappa shape index (κ1) is 17.5. The van der Waals surface area contributed by atoms with Crippen LogP contribution in [-0.2, 0) is 13.0 Å². The number of amides is 1. The van der Waals surface area contributed by atoms with Gasteiger partial charge in [0.05, 0.1) is 5.56 Å². The summed E-state index contributed by atoms with van der Waals surface area (Å²) in [4.78, 5) is 30.7. The Kier molecular flexibility index (Phi) is 5.82. The third-order valence-corrected chi connectivity index (χ3v) is 3.93. The minimum Gasteiger partial charge on any atom is -0.348 e. The number of nitrogens with one attached hydrogen (secondary N) is 1. The van der Waals surface area contributed by atoms with Crippen LogP contribution in [0.25, 0.3) is 0 Å². The SMILES string of the molecule is CN(CCc1ccncc1)c1ncc(C(=O)NCc2ccncc2)cn1. The number of likely N-dealkylation sites (N-methyl/N-ethyl adjacent to an activating group) is 1. The lowest BCUT2D eigenvalue weighted by Gasteiger charge is -2.16. The molecule has 3 aromatic heterocycles. The van der Waals surface area contributed by atoms with Crippen LogP contribution in [0, 0.1) is 0 Å². The van der Waals surface area contributed by atoms with E-state index in [1.54, 1.807) is 37.2 Å². The number of rotatable bonds is 7. The van der Waals surface area contributed by atoms with Gasteiger partial charge in [-0.05, 0) is 41.8 Å². The predicted molar refractivity (Wildman–Crippen MR) is 98.7 cm³/mol. The van der Waals surface area contributed by atoms with Crippen LogP contribution >= 0.6 is 0 Å². The number of hydrogen-bond donors (Lipinski definition) is 1. The van der Waals surface area contributed by atoms with Crippen molar-refractivity contribution in [2.45, 2.75) is 13.0 Å². The fourth-order valence-corrected chi connectivity index (χ4v) is 2.37. The first-order valence-electron chi connectivity index (χ1n) is 8.31. The van der Waals surface area contributed by atoms with E-state index >= 15 is 0 Å². The van der Waals surface area contributed by atoms with E-state index in [4.69, 9.17) is 0 Å². The van der Waals surface area contributed by atoms with Crippen molar-refractivity contribution in [1.29, 1.82) is 0 Å². The average Bonchev–Trinajstić information content (AvgIpc) is 2.72. The van der Waals surface area contributed by atoms with E-state index in [2.05, 4.69) is 25.3 Å². The molecule has 0 fully saturated rings. The summed E-state index contributed by atoms with van der Waals surface area (Å²) in [6.07, 6.45) is 10.9. The molecule has 0 aromatic carbocycles. The lowest BCUT2D eigenvalue weighted by atomic mass is 10.2. The van der Waals surface area contributed by atoms with Crippen molar-refractivity contribution in [2.75, 3.05) is 18.5 Å². The Morgan fingerprint density at radius 3 is 2.15 bits per heavy atom. The summed E-state index contributed by atoms with van der Waals surface area (Å²) >= 11 is 0. The van der Waals surface area contributed by atoms with Gasteiger partial charge in [-0.15, -0.1) is 0 Å². The first-order chi connectivity index (χ1) is 12.7. The lowest BCUT2D eigenvalue weighted by Crippen LogP contribution is -2.25. The van der Waals surface area contributed by atoms with Crippen LogP contribution < -0.4 is 10.2 Å². The third-order valence-electron chi connectivity index (χ3n) is 3.93. The fourth-order valence-electron chi connectivity index (χ4n) is 2.37. The summed E-state index contributed by atoms with van der Waals surface area (Å²) in [6.45, 7) is 1.21. The maximum Gasteiger partial charge on any atom is 0.254 e. The van der Waals surface area contributed by atoms with E-state index in [1.165, 1.54) is 5.56 Å². The van der Waals surface area contributed by atoms with E-state index in [9.17, 15) is 4.79 Å². The summed E-state index contributed by atoms with van der Waals surface area (Å²) in [5.41, 5.74) is 2.63. The fraction of sp³-hybridized carbons (Fsp3) is 0.211. The highest BCUT2D eigenvalue weighted by Crippen LogP contribution is 2.07. The van der Waals surface area contributed by atoms with Crippen molar-refractivity contribution < 1.29 is 4.79 Å². The molecule has 0 saturated heterocycles. The number of nitrogens with zero attached hydrogens (tertiary/aromatic N) is 5. The van der Waals surface area contributed by atoms with Gasteiger partial charge < -0.3 is 10.2 Å².